The number of hydrogen-bond donors (Lipinski definition) is 1. The Kier molecular flexibility index (Phi) is 9.14. The Balaban J connectivity index is 1.78. The highest BCUT2D eigenvalue weighted by Gasteiger charge is 2.30. The molecular weight excluding hydrogens is 424 g/mol. The summed E-state index contributed by atoms with van der Waals surface area (Å²) in [5.41, 5.74) is 5.44. The summed E-state index contributed by atoms with van der Waals surface area (Å²) in [5, 5.41) is 3.22. The molecule has 1 unspecified atom stereocenters. The van der Waals surface area contributed by atoms with E-state index in [4.69, 9.17) is 4.74 Å². The van der Waals surface area contributed by atoms with E-state index in [1.165, 1.54) is 6.42 Å². The van der Waals surface area contributed by atoms with Crippen LogP contribution in [-0.2, 0) is 16.1 Å². The third-order valence-electron chi connectivity index (χ3n) is 6.93. The zero-order valence-electron chi connectivity index (χ0n) is 21.4. The van der Waals surface area contributed by atoms with Gasteiger partial charge < -0.3 is 15.0 Å². The fourth-order valence-corrected chi connectivity index (χ4v) is 4.73. The second-order valence-corrected chi connectivity index (χ2v) is 9.77. The number of ether oxygens (including phenoxy) is 1. The highest BCUT2D eigenvalue weighted by atomic mass is 16.5. The summed E-state index contributed by atoms with van der Waals surface area (Å²) >= 11 is 0. The molecule has 0 heterocycles. The number of carbonyl (C=O) groups excluding carboxylic acids is 2. The van der Waals surface area contributed by atoms with Gasteiger partial charge in [0.25, 0.3) is 5.91 Å². The third-order valence-corrected chi connectivity index (χ3v) is 6.93. The van der Waals surface area contributed by atoms with E-state index in [1.807, 2.05) is 65.0 Å². The molecule has 0 aromatic heterocycles. The fraction of sp³-hybridized carbons (Fsp3) is 0.517. The van der Waals surface area contributed by atoms with Gasteiger partial charge in [0.05, 0.1) is 0 Å². The molecule has 0 aliphatic heterocycles. The molecule has 1 fully saturated rings. The SMILES string of the molecule is CCC(C(=O)NC1CCCCC1)N(Cc1ccc(C)cc1)C(=O)COc1cc(C)cc(C)c1C. The number of rotatable bonds is 9. The number of carbonyl (C=O) groups is 2. The van der Waals surface area contributed by atoms with E-state index in [-0.39, 0.29) is 24.5 Å². The molecule has 184 valence electrons. The first-order valence-electron chi connectivity index (χ1n) is 12.6. The molecule has 0 saturated heterocycles. The van der Waals surface area contributed by atoms with Gasteiger partial charge in [-0.15, -0.1) is 0 Å². The first-order valence-corrected chi connectivity index (χ1v) is 12.6. The number of amides is 2. The Morgan fingerprint density at radius 2 is 1.68 bits per heavy atom. The lowest BCUT2D eigenvalue weighted by Gasteiger charge is -2.32. The number of aryl methyl sites for hydroxylation is 3. The molecular formula is C29H40N2O3. The van der Waals surface area contributed by atoms with Crippen molar-refractivity contribution in [3.63, 3.8) is 0 Å². The molecule has 1 saturated carbocycles. The van der Waals surface area contributed by atoms with E-state index in [0.29, 0.717) is 13.0 Å². The van der Waals surface area contributed by atoms with Crippen LogP contribution in [0.5, 0.6) is 5.75 Å². The molecule has 3 rings (SSSR count). The van der Waals surface area contributed by atoms with Crippen molar-refractivity contribution in [1.82, 2.24) is 10.2 Å². The van der Waals surface area contributed by atoms with E-state index < -0.39 is 6.04 Å². The zero-order valence-corrected chi connectivity index (χ0v) is 21.4. The van der Waals surface area contributed by atoms with E-state index in [9.17, 15) is 9.59 Å². The van der Waals surface area contributed by atoms with Gasteiger partial charge in [0.15, 0.2) is 6.61 Å². The largest absolute Gasteiger partial charge is 0.483 e. The van der Waals surface area contributed by atoms with Crippen molar-refractivity contribution in [1.29, 1.82) is 0 Å². The van der Waals surface area contributed by atoms with E-state index in [1.54, 1.807) is 4.90 Å². The van der Waals surface area contributed by atoms with Crippen molar-refractivity contribution in [2.45, 2.75) is 91.8 Å². The summed E-state index contributed by atoms with van der Waals surface area (Å²) in [7, 11) is 0. The summed E-state index contributed by atoms with van der Waals surface area (Å²) in [6.45, 7) is 10.4. The predicted octanol–water partition coefficient (Wildman–Crippen LogP) is 5.56. The van der Waals surface area contributed by atoms with Crippen LogP contribution in [-0.4, -0.2) is 35.4 Å². The summed E-state index contributed by atoms with van der Waals surface area (Å²) in [5.74, 6) is 0.489. The monoisotopic (exact) mass is 464 g/mol. The van der Waals surface area contributed by atoms with Gasteiger partial charge in [0.1, 0.15) is 11.8 Å². The highest BCUT2D eigenvalue weighted by molar-refractivity contribution is 5.88. The molecule has 2 amide bonds. The van der Waals surface area contributed by atoms with Gasteiger partial charge in [0, 0.05) is 12.6 Å². The molecule has 5 nitrogen and oxygen atoms in total. The second-order valence-electron chi connectivity index (χ2n) is 9.77. The van der Waals surface area contributed by atoms with E-state index >= 15 is 0 Å². The Bertz CT molecular complexity index is 978. The van der Waals surface area contributed by atoms with Crippen LogP contribution in [0.3, 0.4) is 0 Å². The first-order chi connectivity index (χ1) is 16.3. The van der Waals surface area contributed by atoms with Crippen molar-refractivity contribution in [2.75, 3.05) is 6.61 Å². The van der Waals surface area contributed by atoms with Crippen LogP contribution in [0.25, 0.3) is 0 Å². The minimum absolute atomic E-state index is 0.0579. The third kappa shape index (κ3) is 6.85. The Labute approximate surface area is 204 Å². The summed E-state index contributed by atoms with van der Waals surface area (Å²) < 4.78 is 6.00. The lowest BCUT2D eigenvalue weighted by Crippen LogP contribution is -2.52. The number of benzene rings is 2. The maximum absolute atomic E-state index is 13.5. The summed E-state index contributed by atoms with van der Waals surface area (Å²) in [6.07, 6.45) is 6.12. The average Bonchev–Trinajstić information content (AvgIpc) is 2.82. The minimum atomic E-state index is -0.528. The van der Waals surface area contributed by atoms with Gasteiger partial charge in [-0.2, -0.15) is 0 Å². The van der Waals surface area contributed by atoms with Crippen molar-refractivity contribution in [3.8, 4) is 5.75 Å². The van der Waals surface area contributed by atoms with Gasteiger partial charge >= 0.3 is 0 Å². The molecule has 0 bridgehead atoms. The maximum Gasteiger partial charge on any atom is 0.261 e. The van der Waals surface area contributed by atoms with E-state index in [0.717, 1.165) is 59.3 Å². The van der Waals surface area contributed by atoms with Gasteiger partial charge in [-0.05, 0) is 75.3 Å². The number of hydrogen-bond acceptors (Lipinski definition) is 3. The molecule has 1 N–H and O–H groups in total. The predicted molar refractivity (Wildman–Crippen MR) is 137 cm³/mol. The number of nitrogens with one attached hydrogen (secondary N) is 1. The normalized spacial score (nSPS) is 15.0. The fourth-order valence-electron chi connectivity index (χ4n) is 4.73. The van der Waals surface area contributed by atoms with Crippen LogP contribution in [0.1, 0.15) is 73.3 Å². The lowest BCUT2D eigenvalue weighted by atomic mass is 9.95. The van der Waals surface area contributed by atoms with Crippen LogP contribution in [0.4, 0.5) is 0 Å². The second kappa shape index (κ2) is 12.0. The highest BCUT2D eigenvalue weighted by Crippen LogP contribution is 2.24. The quantitative estimate of drug-likeness (QED) is 0.529. The van der Waals surface area contributed by atoms with Crippen LogP contribution in [0.2, 0.25) is 0 Å². The van der Waals surface area contributed by atoms with Crippen LogP contribution in [0.15, 0.2) is 36.4 Å². The molecule has 34 heavy (non-hydrogen) atoms. The van der Waals surface area contributed by atoms with Crippen molar-refractivity contribution in [3.05, 3.63) is 64.2 Å². The first kappa shape index (κ1) is 25.8. The summed E-state index contributed by atoms with van der Waals surface area (Å²) in [4.78, 5) is 28.5. The molecule has 1 atom stereocenters. The lowest BCUT2D eigenvalue weighted by molar-refractivity contribution is -0.143. The van der Waals surface area contributed by atoms with Crippen molar-refractivity contribution >= 4 is 11.8 Å². The van der Waals surface area contributed by atoms with Crippen molar-refractivity contribution < 1.29 is 14.3 Å². The maximum atomic E-state index is 13.5. The van der Waals surface area contributed by atoms with Gasteiger partial charge in [-0.1, -0.05) is 62.1 Å². The van der Waals surface area contributed by atoms with Crippen molar-refractivity contribution in [2.24, 2.45) is 0 Å². The smallest absolute Gasteiger partial charge is 0.261 e. The topological polar surface area (TPSA) is 58.6 Å². The van der Waals surface area contributed by atoms with Crippen LogP contribution >= 0.6 is 0 Å². The Morgan fingerprint density at radius 1 is 1.00 bits per heavy atom. The standard InChI is InChI=1S/C29H40N2O3/c1-6-26(29(33)30-25-10-8-7-9-11-25)31(18-24-14-12-20(2)13-15-24)28(32)19-34-27-17-21(3)16-22(4)23(27)5/h12-17,25-26H,6-11,18-19H2,1-5H3,(H,30,33). The molecule has 1 aliphatic rings. The Hall–Kier alpha value is -2.82. The van der Waals surface area contributed by atoms with Gasteiger partial charge in [-0.25, -0.2) is 0 Å². The van der Waals surface area contributed by atoms with Crippen LogP contribution < -0.4 is 10.1 Å². The molecule has 2 aromatic carbocycles. The van der Waals surface area contributed by atoms with Gasteiger partial charge in [0.2, 0.25) is 5.91 Å². The van der Waals surface area contributed by atoms with E-state index in [2.05, 4.69) is 11.4 Å². The molecule has 0 spiro atoms. The summed E-state index contributed by atoms with van der Waals surface area (Å²) in [6, 6.07) is 11.9. The molecule has 5 heteroatoms. The molecule has 2 aromatic rings. The Morgan fingerprint density at radius 3 is 2.32 bits per heavy atom. The van der Waals surface area contributed by atoms with Gasteiger partial charge in [-0.3, -0.25) is 9.59 Å². The minimum Gasteiger partial charge on any atom is -0.483 e. The average molecular weight is 465 g/mol. The molecule has 1 aliphatic carbocycles. The number of nitrogens with zero attached hydrogens (tertiary/aromatic N) is 1. The molecule has 0 radical (unpaired) electrons. The zero-order chi connectivity index (χ0) is 24.7. The van der Waals surface area contributed by atoms with Crippen LogP contribution in [0, 0.1) is 27.7 Å².